The van der Waals surface area contributed by atoms with E-state index in [1.807, 2.05) is 0 Å². The van der Waals surface area contributed by atoms with Gasteiger partial charge in [-0.3, -0.25) is 0 Å². The van der Waals surface area contributed by atoms with Gasteiger partial charge in [-0.15, -0.1) is 0 Å². The molecule has 0 spiro atoms. The first-order valence-corrected chi connectivity index (χ1v) is 15.5. The van der Waals surface area contributed by atoms with E-state index in [4.69, 9.17) is 15.9 Å². The lowest BCUT2D eigenvalue weighted by Gasteiger charge is -2.39. The van der Waals surface area contributed by atoms with Gasteiger partial charge in [0.1, 0.15) is 6.10 Å². The fraction of sp³-hybridized carbons (Fsp3) is 0.968. The van der Waals surface area contributed by atoms with Crippen LogP contribution in [-0.4, -0.2) is 27.8 Å². The predicted octanol–water partition coefficient (Wildman–Crippen LogP) is 9.41. The number of nitrogens with two attached hydrogens (primary N) is 1. The van der Waals surface area contributed by atoms with Gasteiger partial charge in [-0.1, -0.05) is 143 Å². The van der Waals surface area contributed by atoms with Gasteiger partial charge in [-0.05, 0) is 38.5 Å². The molecule has 0 aliphatic carbocycles. The maximum Gasteiger partial charge on any atom is 0.332 e. The SMILES string of the molecule is CC(O)C(=O)O.CCCCCCCCCCCCCCC(CCCC)C(N)(CCCC)CCCC. The van der Waals surface area contributed by atoms with Crippen LogP contribution in [0.4, 0.5) is 0 Å². The maximum absolute atomic E-state index is 9.45. The summed E-state index contributed by atoms with van der Waals surface area (Å²) in [5.41, 5.74) is 7.20. The van der Waals surface area contributed by atoms with Crippen molar-refractivity contribution in [3.8, 4) is 0 Å². The number of aliphatic carboxylic acids is 1. The average Bonchev–Trinajstić information content (AvgIpc) is 2.84. The van der Waals surface area contributed by atoms with E-state index < -0.39 is 12.1 Å². The Morgan fingerprint density at radius 1 is 0.629 bits per heavy atom. The van der Waals surface area contributed by atoms with Gasteiger partial charge < -0.3 is 15.9 Å². The maximum atomic E-state index is 9.45. The number of carboxylic acids is 1. The Labute approximate surface area is 220 Å². The van der Waals surface area contributed by atoms with Crippen molar-refractivity contribution in [3.63, 3.8) is 0 Å². The van der Waals surface area contributed by atoms with Crippen LogP contribution in [0.5, 0.6) is 0 Å². The van der Waals surface area contributed by atoms with Crippen LogP contribution >= 0.6 is 0 Å². The smallest absolute Gasteiger partial charge is 0.332 e. The monoisotopic (exact) mass is 499 g/mol. The normalized spacial score (nSPS) is 13.2. The van der Waals surface area contributed by atoms with Crippen molar-refractivity contribution in [1.82, 2.24) is 0 Å². The molecule has 0 aromatic heterocycles. The molecule has 0 amide bonds. The van der Waals surface area contributed by atoms with Crippen molar-refractivity contribution >= 4 is 5.97 Å². The minimum absolute atomic E-state index is 0.110. The zero-order valence-corrected chi connectivity index (χ0v) is 24.6. The second kappa shape index (κ2) is 26.5. The minimum Gasteiger partial charge on any atom is -0.479 e. The summed E-state index contributed by atoms with van der Waals surface area (Å²) in [4.78, 5) is 9.45. The van der Waals surface area contributed by atoms with E-state index in [9.17, 15) is 4.79 Å². The number of aliphatic hydroxyl groups is 1. The van der Waals surface area contributed by atoms with Gasteiger partial charge in [0, 0.05) is 5.54 Å². The standard InChI is InChI=1S/C28H59N.C3H6O3/c1-5-9-13-14-15-16-17-18-19-20-21-22-24-27(23-10-6-2)28(29,25-11-7-3)26-12-8-4;1-2(4)3(5)6/h27H,5-26,29H2,1-4H3;2,4H,1H3,(H,5,6). The molecular formula is C31H65NO3. The van der Waals surface area contributed by atoms with Gasteiger partial charge in [0.25, 0.3) is 0 Å². The summed E-state index contributed by atoms with van der Waals surface area (Å²) >= 11 is 0. The van der Waals surface area contributed by atoms with Crippen molar-refractivity contribution in [3.05, 3.63) is 0 Å². The Kier molecular flexibility index (Phi) is 27.6. The van der Waals surface area contributed by atoms with Gasteiger partial charge >= 0.3 is 5.97 Å². The van der Waals surface area contributed by atoms with Crippen LogP contribution < -0.4 is 5.73 Å². The summed E-state index contributed by atoms with van der Waals surface area (Å²) in [6.45, 7) is 10.5. The van der Waals surface area contributed by atoms with E-state index in [1.165, 1.54) is 148 Å². The summed E-state index contributed by atoms with van der Waals surface area (Å²) in [7, 11) is 0. The molecule has 212 valence electrons. The number of hydrogen-bond donors (Lipinski definition) is 3. The molecule has 0 rings (SSSR count). The van der Waals surface area contributed by atoms with Crippen LogP contribution in [0.3, 0.4) is 0 Å². The summed E-state index contributed by atoms with van der Waals surface area (Å²) in [5, 5.41) is 15.8. The molecule has 0 aliphatic heterocycles. The topological polar surface area (TPSA) is 83.5 Å². The van der Waals surface area contributed by atoms with E-state index in [1.54, 1.807) is 0 Å². The first-order valence-electron chi connectivity index (χ1n) is 15.5. The first kappa shape index (κ1) is 36.5. The third kappa shape index (κ3) is 23.5. The van der Waals surface area contributed by atoms with Gasteiger partial charge in [0.15, 0.2) is 0 Å². The van der Waals surface area contributed by atoms with Gasteiger partial charge in [0.2, 0.25) is 0 Å². The number of aliphatic hydroxyl groups excluding tert-OH is 1. The molecule has 0 saturated carbocycles. The zero-order chi connectivity index (χ0) is 26.8. The Morgan fingerprint density at radius 3 is 1.29 bits per heavy atom. The van der Waals surface area contributed by atoms with Crippen LogP contribution in [0, 0.1) is 5.92 Å². The number of carbonyl (C=O) groups is 1. The fourth-order valence-electron chi connectivity index (χ4n) is 4.95. The lowest BCUT2D eigenvalue weighted by atomic mass is 9.72. The van der Waals surface area contributed by atoms with Crippen LogP contribution in [0.2, 0.25) is 0 Å². The Bertz CT molecular complexity index is 431. The van der Waals surface area contributed by atoms with Crippen LogP contribution in [-0.2, 0) is 4.79 Å². The number of hydrogen-bond acceptors (Lipinski definition) is 3. The number of carboxylic acid groups (broad SMARTS) is 1. The zero-order valence-electron chi connectivity index (χ0n) is 24.6. The molecular weight excluding hydrogens is 434 g/mol. The van der Waals surface area contributed by atoms with E-state index in [-0.39, 0.29) is 5.54 Å². The molecule has 0 aromatic rings. The Hall–Kier alpha value is -0.610. The van der Waals surface area contributed by atoms with E-state index in [0.717, 1.165) is 5.92 Å². The highest BCUT2D eigenvalue weighted by Crippen LogP contribution is 2.34. The minimum atomic E-state index is -1.23. The van der Waals surface area contributed by atoms with Crippen LogP contribution in [0.25, 0.3) is 0 Å². The second-order valence-corrected chi connectivity index (χ2v) is 11.0. The third-order valence-corrected chi connectivity index (χ3v) is 7.47. The Balaban J connectivity index is 0. The molecule has 4 N–H and O–H groups in total. The van der Waals surface area contributed by atoms with Crippen molar-refractivity contribution in [1.29, 1.82) is 0 Å². The van der Waals surface area contributed by atoms with E-state index in [2.05, 4.69) is 27.7 Å². The van der Waals surface area contributed by atoms with Crippen LogP contribution in [0.1, 0.15) is 176 Å². The molecule has 4 heteroatoms. The Morgan fingerprint density at radius 2 is 0.943 bits per heavy atom. The van der Waals surface area contributed by atoms with Gasteiger partial charge in [-0.25, -0.2) is 4.79 Å². The number of unbranched alkanes of at least 4 members (excludes halogenated alkanes) is 14. The molecule has 2 atom stereocenters. The predicted molar refractivity (Wildman–Crippen MR) is 154 cm³/mol. The molecule has 0 bridgehead atoms. The molecule has 0 fully saturated rings. The average molecular weight is 500 g/mol. The quantitative estimate of drug-likeness (QED) is 0.115. The molecule has 0 saturated heterocycles. The lowest BCUT2D eigenvalue weighted by Crippen LogP contribution is -2.47. The van der Waals surface area contributed by atoms with Crippen LogP contribution in [0.15, 0.2) is 0 Å². The van der Waals surface area contributed by atoms with Crippen molar-refractivity contribution in [2.24, 2.45) is 11.7 Å². The van der Waals surface area contributed by atoms with Crippen molar-refractivity contribution < 1.29 is 15.0 Å². The van der Waals surface area contributed by atoms with Gasteiger partial charge in [0.05, 0.1) is 0 Å². The summed E-state index contributed by atoms with van der Waals surface area (Å²) in [6, 6.07) is 0. The first-order chi connectivity index (χ1) is 16.8. The van der Waals surface area contributed by atoms with Gasteiger partial charge in [-0.2, -0.15) is 0 Å². The molecule has 4 nitrogen and oxygen atoms in total. The summed E-state index contributed by atoms with van der Waals surface area (Å²) in [5.74, 6) is -0.432. The molecule has 0 heterocycles. The third-order valence-electron chi connectivity index (χ3n) is 7.47. The fourth-order valence-corrected chi connectivity index (χ4v) is 4.95. The molecule has 35 heavy (non-hydrogen) atoms. The van der Waals surface area contributed by atoms with E-state index in [0.29, 0.717) is 0 Å². The van der Waals surface area contributed by atoms with Crippen molar-refractivity contribution in [2.45, 2.75) is 188 Å². The number of rotatable bonds is 24. The van der Waals surface area contributed by atoms with E-state index >= 15 is 0 Å². The highest BCUT2D eigenvalue weighted by atomic mass is 16.4. The largest absolute Gasteiger partial charge is 0.479 e. The lowest BCUT2D eigenvalue weighted by molar-refractivity contribution is -0.145. The highest BCUT2D eigenvalue weighted by molar-refractivity contribution is 5.71. The summed E-state index contributed by atoms with van der Waals surface area (Å²) < 4.78 is 0. The van der Waals surface area contributed by atoms with Crippen molar-refractivity contribution in [2.75, 3.05) is 0 Å². The second-order valence-electron chi connectivity index (χ2n) is 11.0. The molecule has 2 unspecified atom stereocenters. The molecule has 0 aromatic carbocycles. The summed E-state index contributed by atoms with van der Waals surface area (Å²) in [6.07, 6.45) is 29.1. The molecule has 0 aliphatic rings. The highest BCUT2D eigenvalue weighted by Gasteiger charge is 2.32. The molecule has 0 radical (unpaired) electrons.